The van der Waals surface area contributed by atoms with Crippen molar-refractivity contribution >= 4 is 17.7 Å². The second kappa shape index (κ2) is 4.23. The van der Waals surface area contributed by atoms with Crippen LogP contribution in [0.15, 0.2) is 11.4 Å². The fourth-order valence-corrected chi connectivity index (χ4v) is 1.30. The maximum atomic E-state index is 10.7. The van der Waals surface area contributed by atoms with Crippen LogP contribution in [0.5, 0.6) is 0 Å². The van der Waals surface area contributed by atoms with Crippen LogP contribution < -0.4 is 0 Å². The van der Waals surface area contributed by atoms with Gasteiger partial charge >= 0.3 is 5.97 Å². The molecule has 0 aromatic carbocycles. The van der Waals surface area contributed by atoms with E-state index in [0.717, 1.165) is 0 Å². The molecule has 0 bridgehead atoms. The van der Waals surface area contributed by atoms with Crippen molar-refractivity contribution in [1.82, 2.24) is 9.97 Å². The van der Waals surface area contributed by atoms with Crippen molar-refractivity contribution in [3.05, 3.63) is 17.5 Å². The quantitative estimate of drug-likeness (QED) is 0.588. The molecule has 0 aliphatic carbocycles. The maximum absolute atomic E-state index is 10.7. The van der Waals surface area contributed by atoms with Gasteiger partial charge in [-0.05, 0) is 12.7 Å². The van der Waals surface area contributed by atoms with Gasteiger partial charge in [-0.3, -0.25) is 0 Å². The van der Waals surface area contributed by atoms with Gasteiger partial charge in [0.2, 0.25) is 0 Å². The third-order valence-corrected chi connectivity index (χ3v) is 2.16. The molecule has 0 amide bonds. The Morgan fingerprint density at radius 1 is 1.69 bits per heavy atom. The zero-order valence-corrected chi connectivity index (χ0v) is 8.26. The van der Waals surface area contributed by atoms with E-state index < -0.39 is 5.97 Å². The van der Waals surface area contributed by atoms with Crippen LogP contribution in [-0.2, 0) is 6.42 Å². The molecule has 0 saturated carbocycles. The third-order valence-electron chi connectivity index (χ3n) is 1.59. The first kappa shape index (κ1) is 9.98. The average Bonchev–Trinajstić information content (AvgIpc) is 2.16. The lowest BCUT2D eigenvalue weighted by molar-refractivity contribution is 0.0694. The van der Waals surface area contributed by atoms with Crippen LogP contribution in [0.1, 0.15) is 23.0 Å². The Balaban J connectivity index is 3.15. The van der Waals surface area contributed by atoms with Crippen LogP contribution in [0.2, 0.25) is 0 Å². The lowest BCUT2D eigenvalue weighted by atomic mass is 10.2. The number of aromatic nitrogens is 2. The Labute approximate surface area is 80.4 Å². The Morgan fingerprint density at radius 2 is 2.38 bits per heavy atom. The molecular formula is C8H10N2O2S. The summed E-state index contributed by atoms with van der Waals surface area (Å²) in [4.78, 5) is 18.7. The van der Waals surface area contributed by atoms with E-state index in [2.05, 4.69) is 9.97 Å². The van der Waals surface area contributed by atoms with Crippen molar-refractivity contribution in [3.8, 4) is 0 Å². The summed E-state index contributed by atoms with van der Waals surface area (Å²) >= 11 is 1.40. The van der Waals surface area contributed by atoms with Gasteiger partial charge in [0.15, 0.2) is 5.16 Å². The molecule has 0 aliphatic rings. The van der Waals surface area contributed by atoms with E-state index in [1.165, 1.54) is 18.0 Å². The standard InChI is InChI=1S/C8H10N2O2S/c1-3-6-5(7(11)12)4-9-8(10-6)13-2/h4H,3H2,1-2H3,(H,11,12). The van der Waals surface area contributed by atoms with Gasteiger partial charge in [-0.25, -0.2) is 14.8 Å². The first-order chi connectivity index (χ1) is 6.19. The first-order valence-electron chi connectivity index (χ1n) is 3.82. The molecule has 1 heterocycles. The van der Waals surface area contributed by atoms with Gasteiger partial charge in [0.25, 0.3) is 0 Å². The Morgan fingerprint density at radius 3 is 2.85 bits per heavy atom. The van der Waals surface area contributed by atoms with Crippen molar-refractivity contribution in [2.45, 2.75) is 18.5 Å². The van der Waals surface area contributed by atoms with Crippen LogP contribution in [0, 0.1) is 0 Å². The second-order valence-electron chi connectivity index (χ2n) is 2.38. The highest BCUT2D eigenvalue weighted by Gasteiger charge is 2.11. The molecule has 0 aliphatic heterocycles. The molecule has 1 aromatic rings. The molecule has 13 heavy (non-hydrogen) atoms. The number of thioether (sulfide) groups is 1. The largest absolute Gasteiger partial charge is 0.478 e. The number of hydrogen-bond donors (Lipinski definition) is 1. The Bertz CT molecular complexity index is 328. The van der Waals surface area contributed by atoms with E-state index in [1.807, 2.05) is 13.2 Å². The summed E-state index contributed by atoms with van der Waals surface area (Å²) in [5.74, 6) is -0.968. The number of aryl methyl sites for hydroxylation is 1. The van der Waals surface area contributed by atoms with E-state index >= 15 is 0 Å². The van der Waals surface area contributed by atoms with Gasteiger partial charge < -0.3 is 5.11 Å². The lowest BCUT2D eigenvalue weighted by Gasteiger charge is -2.02. The Kier molecular flexibility index (Phi) is 3.25. The van der Waals surface area contributed by atoms with Gasteiger partial charge in [-0.2, -0.15) is 0 Å². The fourth-order valence-electron chi connectivity index (χ4n) is 0.945. The normalized spacial score (nSPS) is 10.0. The third kappa shape index (κ3) is 2.18. The summed E-state index contributed by atoms with van der Waals surface area (Å²) in [5.41, 5.74) is 0.784. The van der Waals surface area contributed by atoms with Crippen molar-refractivity contribution in [3.63, 3.8) is 0 Å². The van der Waals surface area contributed by atoms with Crippen LogP contribution in [-0.4, -0.2) is 27.3 Å². The molecule has 0 spiro atoms. The molecule has 1 rings (SSSR count). The minimum Gasteiger partial charge on any atom is -0.478 e. The highest BCUT2D eigenvalue weighted by Crippen LogP contribution is 2.12. The van der Waals surface area contributed by atoms with Crippen LogP contribution >= 0.6 is 11.8 Å². The summed E-state index contributed by atoms with van der Waals surface area (Å²) in [6.07, 6.45) is 3.83. The number of nitrogens with zero attached hydrogens (tertiary/aromatic N) is 2. The first-order valence-corrected chi connectivity index (χ1v) is 5.04. The number of aromatic carboxylic acids is 1. The van der Waals surface area contributed by atoms with Crippen LogP contribution in [0.25, 0.3) is 0 Å². The molecule has 1 N–H and O–H groups in total. The highest BCUT2D eigenvalue weighted by molar-refractivity contribution is 7.98. The molecular weight excluding hydrogens is 188 g/mol. The lowest BCUT2D eigenvalue weighted by Crippen LogP contribution is -2.06. The number of carboxylic acid groups (broad SMARTS) is 1. The minimum atomic E-state index is -0.968. The van der Waals surface area contributed by atoms with E-state index in [1.54, 1.807) is 0 Å². The average molecular weight is 198 g/mol. The molecule has 1 aromatic heterocycles. The number of hydrogen-bond acceptors (Lipinski definition) is 4. The minimum absolute atomic E-state index is 0.195. The summed E-state index contributed by atoms with van der Waals surface area (Å²) in [6, 6.07) is 0. The highest BCUT2D eigenvalue weighted by atomic mass is 32.2. The summed E-state index contributed by atoms with van der Waals surface area (Å²) in [7, 11) is 0. The number of carbonyl (C=O) groups is 1. The van der Waals surface area contributed by atoms with Crippen molar-refractivity contribution in [1.29, 1.82) is 0 Å². The zero-order valence-electron chi connectivity index (χ0n) is 7.44. The summed E-state index contributed by atoms with van der Waals surface area (Å²) < 4.78 is 0. The van der Waals surface area contributed by atoms with Crippen molar-refractivity contribution in [2.75, 3.05) is 6.26 Å². The van der Waals surface area contributed by atoms with Crippen molar-refractivity contribution < 1.29 is 9.90 Å². The summed E-state index contributed by atoms with van der Waals surface area (Å²) in [6.45, 7) is 1.87. The SMILES string of the molecule is CCc1nc(SC)ncc1C(=O)O. The fraction of sp³-hybridized carbons (Fsp3) is 0.375. The van der Waals surface area contributed by atoms with Gasteiger partial charge in [0, 0.05) is 6.20 Å². The Hall–Kier alpha value is -1.10. The maximum Gasteiger partial charge on any atom is 0.339 e. The van der Waals surface area contributed by atoms with Crippen LogP contribution in [0.4, 0.5) is 0 Å². The predicted molar refractivity (Wildman–Crippen MR) is 50.2 cm³/mol. The van der Waals surface area contributed by atoms with E-state index in [0.29, 0.717) is 17.3 Å². The zero-order chi connectivity index (χ0) is 9.84. The molecule has 70 valence electrons. The monoisotopic (exact) mass is 198 g/mol. The number of carboxylic acids is 1. The molecule has 0 saturated heterocycles. The molecule has 5 heteroatoms. The molecule has 0 radical (unpaired) electrons. The second-order valence-corrected chi connectivity index (χ2v) is 3.15. The number of rotatable bonds is 3. The molecule has 0 unspecified atom stereocenters. The molecule has 0 fully saturated rings. The topological polar surface area (TPSA) is 63.1 Å². The van der Waals surface area contributed by atoms with Gasteiger partial charge in [0.1, 0.15) is 0 Å². The smallest absolute Gasteiger partial charge is 0.339 e. The van der Waals surface area contributed by atoms with Gasteiger partial charge in [-0.15, -0.1) is 0 Å². The molecule has 4 nitrogen and oxygen atoms in total. The van der Waals surface area contributed by atoms with Gasteiger partial charge in [-0.1, -0.05) is 18.7 Å². The summed E-state index contributed by atoms with van der Waals surface area (Å²) in [5, 5.41) is 9.39. The van der Waals surface area contributed by atoms with Gasteiger partial charge in [0.05, 0.1) is 11.3 Å². The van der Waals surface area contributed by atoms with E-state index in [-0.39, 0.29) is 5.56 Å². The predicted octanol–water partition coefficient (Wildman–Crippen LogP) is 1.46. The van der Waals surface area contributed by atoms with E-state index in [9.17, 15) is 4.79 Å². The van der Waals surface area contributed by atoms with Crippen LogP contribution in [0.3, 0.4) is 0 Å². The van der Waals surface area contributed by atoms with E-state index in [4.69, 9.17) is 5.11 Å². The van der Waals surface area contributed by atoms with Crippen molar-refractivity contribution in [2.24, 2.45) is 0 Å². The molecule has 0 atom stereocenters.